The van der Waals surface area contributed by atoms with Crippen molar-refractivity contribution in [3.8, 4) is 50.3 Å². The Balaban J connectivity index is 1.40. The predicted molar refractivity (Wildman–Crippen MR) is 198 cm³/mol. The van der Waals surface area contributed by atoms with Gasteiger partial charge in [-0.05, 0) is 119 Å². The number of halogens is 12. The third-order valence-electron chi connectivity index (χ3n) is 9.78. The first-order valence-corrected chi connectivity index (χ1v) is 17.4. The molecule has 0 radical (unpaired) electrons. The Bertz CT molecular complexity index is 2690. The molecule has 0 aliphatic carbocycles. The summed E-state index contributed by atoms with van der Waals surface area (Å²) >= 11 is 0. The van der Waals surface area contributed by atoms with Gasteiger partial charge in [0.25, 0.3) is 0 Å². The quantitative estimate of drug-likeness (QED) is 0.162. The second kappa shape index (κ2) is 14.0. The Labute approximate surface area is 325 Å². The minimum Gasteiger partial charge on any atom is -0.309 e. The maximum Gasteiger partial charge on any atom is 0.416 e. The smallest absolute Gasteiger partial charge is 0.309 e. The van der Waals surface area contributed by atoms with Gasteiger partial charge in [-0.2, -0.15) is 52.7 Å². The lowest BCUT2D eigenvalue weighted by Gasteiger charge is -2.16. The van der Waals surface area contributed by atoms with Crippen LogP contribution in [0.3, 0.4) is 0 Å². The van der Waals surface area contributed by atoms with E-state index in [1.807, 2.05) is 12.1 Å². The molecular weight excluding hydrogens is 798 g/mol. The number of nitrogens with zero attached hydrogens (tertiary/aromatic N) is 3. The number of hydrogen-bond acceptors (Lipinski definition) is 2. The maximum absolute atomic E-state index is 13.9. The van der Waals surface area contributed by atoms with E-state index in [9.17, 15) is 52.7 Å². The van der Waals surface area contributed by atoms with E-state index in [-0.39, 0.29) is 34.0 Å². The van der Waals surface area contributed by atoms with Crippen LogP contribution in [0.5, 0.6) is 0 Å². The molecular formula is C44H23F12N3. The van der Waals surface area contributed by atoms with Crippen LogP contribution in [0, 0.1) is 0 Å². The second-order valence-electron chi connectivity index (χ2n) is 13.6. The fraction of sp³-hybridized carbons (Fsp3) is 0.0909. The van der Waals surface area contributed by atoms with Gasteiger partial charge in [0.05, 0.1) is 44.7 Å². The molecule has 0 fully saturated rings. The normalized spacial score (nSPS) is 12.7. The first-order chi connectivity index (χ1) is 27.8. The zero-order valence-electron chi connectivity index (χ0n) is 29.7. The molecule has 8 aromatic rings. The van der Waals surface area contributed by atoms with Crippen LogP contribution in [-0.2, 0) is 24.7 Å². The SMILES string of the molecule is FC(F)(F)c1cc(-c2ccc3c(c2)c2cc(-c4cc(C(F)(F)F)cc(C(F)(F)F)c4)ccc2n3-c2ccccc2-c2ccnc(-c3cccnc3)c2)cc(C(F)(F)F)c1. The van der Waals surface area contributed by atoms with Gasteiger partial charge in [0.1, 0.15) is 0 Å². The zero-order chi connectivity index (χ0) is 42.1. The molecule has 0 spiro atoms. The third kappa shape index (κ3) is 7.59. The van der Waals surface area contributed by atoms with Crippen LogP contribution in [0.15, 0.2) is 140 Å². The van der Waals surface area contributed by atoms with Crippen molar-refractivity contribution < 1.29 is 52.7 Å². The molecule has 0 saturated heterocycles. The number of pyridine rings is 2. The highest BCUT2D eigenvalue weighted by molar-refractivity contribution is 6.12. The molecule has 5 aromatic carbocycles. The summed E-state index contributed by atoms with van der Waals surface area (Å²) < 4.78 is 168. The summed E-state index contributed by atoms with van der Waals surface area (Å²) in [5.41, 5.74) is -3.28. The van der Waals surface area contributed by atoms with Gasteiger partial charge in [-0.3, -0.25) is 9.97 Å². The van der Waals surface area contributed by atoms with Crippen LogP contribution in [0.4, 0.5) is 52.7 Å². The van der Waals surface area contributed by atoms with Crippen molar-refractivity contribution in [3.63, 3.8) is 0 Å². The van der Waals surface area contributed by atoms with Crippen molar-refractivity contribution >= 4 is 21.8 Å². The van der Waals surface area contributed by atoms with Crippen LogP contribution in [0.25, 0.3) is 72.1 Å². The molecule has 8 rings (SSSR count). The van der Waals surface area contributed by atoms with E-state index in [0.717, 1.165) is 5.56 Å². The number of rotatable bonds is 5. The molecule has 3 heterocycles. The first-order valence-electron chi connectivity index (χ1n) is 17.4. The monoisotopic (exact) mass is 821 g/mol. The zero-order valence-corrected chi connectivity index (χ0v) is 29.7. The predicted octanol–water partition coefficient (Wildman–Crippen LogP) is 14.3. The summed E-state index contributed by atoms with van der Waals surface area (Å²) in [5.74, 6) is 0. The van der Waals surface area contributed by atoms with E-state index in [1.54, 1.807) is 59.6 Å². The highest BCUT2D eigenvalue weighted by Crippen LogP contribution is 2.44. The molecule has 3 aromatic heterocycles. The molecule has 0 saturated carbocycles. The lowest BCUT2D eigenvalue weighted by atomic mass is 9.96. The lowest BCUT2D eigenvalue weighted by Crippen LogP contribution is -2.11. The number of hydrogen-bond donors (Lipinski definition) is 0. The molecule has 0 amide bonds. The molecule has 0 N–H and O–H groups in total. The van der Waals surface area contributed by atoms with Crippen molar-refractivity contribution in [2.24, 2.45) is 0 Å². The van der Waals surface area contributed by atoms with E-state index >= 15 is 0 Å². The maximum atomic E-state index is 13.9. The highest BCUT2D eigenvalue weighted by Gasteiger charge is 2.38. The average Bonchev–Trinajstić information content (AvgIpc) is 3.52. The van der Waals surface area contributed by atoms with Crippen LogP contribution < -0.4 is 0 Å². The summed E-state index contributed by atoms with van der Waals surface area (Å²) in [6.45, 7) is 0. The second-order valence-corrected chi connectivity index (χ2v) is 13.6. The van der Waals surface area contributed by atoms with Crippen LogP contribution in [-0.4, -0.2) is 14.5 Å². The minimum absolute atomic E-state index is 0.000201. The fourth-order valence-corrected chi connectivity index (χ4v) is 7.07. The lowest BCUT2D eigenvalue weighted by molar-refractivity contribution is -0.144. The molecule has 0 aliphatic rings. The topological polar surface area (TPSA) is 30.7 Å². The summed E-state index contributed by atoms with van der Waals surface area (Å²) in [6.07, 6.45) is -15.7. The number of benzene rings is 5. The van der Waals surface area contributed by atoms with Crippen molar-refractivity contribution in [3.05, 3.63) is 162 Å². The molecule has 0 bridgehead atoms. The highest BCUT2D eigenvalue weighted by atomic mass is 19.4. The summed E-state index contributed by atoms with van der Waals surface area (Å²) in [7, 11) is 0. The van der Waals surface area contributed by atoms with Gasteiger partial charge in [-0.25, -0.2) is 0 Å². The third-order valence-corrected chi connectivity index (χ3v) is 9.78. The van der Waals surface area contributed by atoms with Gasteiger partial charge in [0.2, 0.25) is 0 Å². The van der Waals surface area contributed by atoms with Crippen molar-refractivity contribution in [2.45, 2.75) is 24.7 Å². The van der Waals surface area contributed by atoms with Crippen LogP contribution in [0.2, 0.25) is 0 Å². The standard InChI is InChI=1S/C44H23F12N3/c45-41(46,47)30-14-28(15-31(21-30)42(48,49)50)24-7-9-39-35(18-24)36-19-25(29-16-32(43(51,52)53)22-33(17-29)44(54,55)56)8-10-40(36)59(39)38-6-2-1-5-34(38)26-11-13-58-37(20-26)27-4-3-12-57-23-27/h1-23H. The summed E-state index contributed by atoms with van der Waals surface area (Å²) in [5, 5.41) is 0.461. The molecule has 3 nitrogen and oxygen atoms in total. The van der Waals surface area contributed by atoms with E-state index in [4.69, 9.17) is 0 Å². The van der Waals surface area contributed by atoms with Crippen molar-refractivity contribution in [1.29, 1.82) is 0 Å². The van der Waals surface area contributed by atoms with Crippen molar-refractivity contribution in [2.75, 3.05) is 0 Å². The minimum atomic E-state index is -5.14. The Morgan fingerprint density at radius 1 is 0.390 bits per heavy atom. The Kier molecular flexibility index (Phi) is 9.32. The Morgan fingerprint density at radius 3 is 1.34 bits per heavy atom. The Hall–Kier alpha value is -6.64. The van der Waals surface area contributed by atoms with E-state index in [2.05, 4.69) is 9.97 Å². The number of fused-ring (bicyclic) bond motifs is 3. The number of aromatic nitrogens is 3. The number of alkyl halides is 12. The fourth-order valence-electron chi connectivity index (χ4n) is 7.07. The average molecular weight is 822 g/mol. The molecule has 298 valence electrons. The van der Waals surface area contributed by atoms with Crippen molar-refractivity contribution in [1.82, 2.24) is 14.5 Å². The van der Waals surface area contributed by atoms with Crippen LogP contribution in [0.1, 0.15) is 22.3 Å². The largest absolute Gasteiger partial charge is 0.416 e. The van der Waals surface area contributed by atoms with Gasteiger partial charge in [0.15, 0.2) is 0 Å². The van der Waals surface area contributed by atoms with E-state index < -0.39 is 58.1 Å². The van der Waals surface area contributed by atoms with E-state index in [1.165, 1.54) is 36.4 Å². The molecule has 0 aliphatic heterocycles. The molecule has 0 unspecified atom stereocenters. The van der Waals surface area contributed by atoms with Gasteiger partial charge in [0, 0.05) is 40.5 Å². The Morgan fingerprint density at radius 2 is 0.881 bits per heavy atom. The molecule has 59 heavy (non-hydrogen) atoms. The van der Waals surface area contributed by atoms with Gasteiger partial charge in [-0.15, -0.1) is 0 Å². The summed E-state index contributed by atoms with van der Waals surface area (Å²) in [4.78, 5) is 8.61. The van der Waals surface area contributed by atoms with Gasteiger partial charge in [-0.1, -0.05) is 30.3 Å². The van der Waals surface area contributed by atoms with E-state index in [0.29, 0.717) is 57.8 Å². The first kappa shape index (κ1) is 39.2. The van der Waals surface area contributed by atoms with Gasteiger partial charge < -0.3 is 4.57 Å². The van der Waals surface area contributed by atoms with Gasteiger partial charge >= 0.3 is 24.7 Å². The number of para-hydroxylation sites is 1. The molecule has 0 atom stereocenters. The molecule has 15 heteroatoms. The summed E-state index contributed by atoms with van der Waals surface area (Å²) in [6, 6.07) is 24.8. The van der Waals surface area contributed by atoms with Crippen LogP contribution >= 0.6 is 0 Å².